The number of sulfonamides is 1. The molecule has 2 heterocycles. The van der Waals surface area contributed by atoms with Gasteiger partial charge in [-0.25, -0.2) is 8.42 Å². The van der Waals surface area contributed by atoms with Crippen LogP contribution in [0.1, 0.15) is 5.56 Å². The Morgan fingerprint density at radius 3 is 2.54 bits per heavy atom. The molecule has 0 saturated carbocycles. The zero-order valence-electron chi connectivity index (χ0n) is 14.0. The van der Waals surface area contributed by atoms with Gasteiger partial charge >= 0.3 is 0 Å². The topological polar surface area (TPSA) is 90.7 Å². The molecule has 2 aliphatic rings. The number of hydrogen-bond donors (Lipinski definition) is 0. The van der Waals surface area contributed by atoms with Crippen LogP contribution in [-0.2, 0) is 14.8 Å². The van der Waals surface area contributed by atoms with Gasteiger partial charge in [-0.2, -0.15) is 9.57 Å². The normalized spacial score (nSPS) is 22.7. The second kappa shape index (κ2) is 7.27. The van der Waals surface area contributed by atoms with Crippen molar-refractivity contribution >= 4 is 27.5 Å². The third kappa shape index (κ3) is 3.70. The Hall–Kier alpha value is -2.08. The smallest absolute Gasteiger partial charge is 0.260 e. The second-order valence-corrected chi connectivity index (χ2v) is 8.68. The summed E-state index contributed by atoms with van der Waals surface area (Å²) in [6, 6.07) is 6.59. The van der Waals surface area contributed by atoms with Crippen LogP contribution in [0.4, 0.5) is 0 Å². The van der Waals surface area contributed by atoms with E-state index in [9.17, 15) is 13.2 Å². The number of carbonyl (C=O) groups is 1. The number of carbonyl (C=O) groups excluding carboxylic acids is 1. The lowest BCUT2D eigenvalue weighted by atomic mass is 10.0. The predicted molar refractivity (Wildman–Crippen MR) is 95.9 cm³/mol. The molecular formula is C17H18ClN3O4S. The molecule has 0 aromatic heterocycles. The molecule has 2 fully saturated rings. The number of ether oxygens (including phenoxy) is 1. The van der Waals surface area contributed by atoms with Crippen LogP contribution in [0.3, 0.4) is 0 Å². The summed E-state index contributed by atoms with van der Waals surface area (Å²) >= 11 is 6.03. The number of nitriles is 1. The Morgan fingerprint density at radius 1 is 1.35 bits per heavy atom. The fraction of sp³-hybridized carbons (Fsp3) is 0.412. The Balaban J connectivity index is 1.54. The number of likely N-dealkylation sites (tertiary alicyclic amines) is 1. The summed E-state index contributed by atoms with van der Waals surface area (Å²) in [6.45, 7) is 5.03. The number of nitrogens with zero attached hydrogens (tertiary/aromatic N) is 3. The van der Waals surface area contributed by atoms with Crippen molar-refractivity contribution in [1.82, 2.24) is 9.21 Å². The van der Waals surface area contributed by atoms with E-state index in [1.54, 1.807) is 17.0 Å². The molecular weight excluding hydrogens is 378 g/mol. The van der Waals surface area contributed by atoms with Crippen LogP contribution in [0, 0.1) is 23.2 Å². The fourth-order valence-electron chi connectivity index (χ4n) is 3.39. The molecule has 7 nitrogen and oxygen atoms in total. The molecule has 1 aromatic rings. The maximum atomic E-state index is 12.4. The second-order valence-electron chi connectivity index (χ2n) is 6.39. The van der Waals surface area contributed by atoms with Crippen LogP contribution >= 0.6 is 11.6 Å². The fourth-order valence-corrected chi connectivity index (χ4v) is 4.63. The minimum Gasteiger partial charge on any atom is -0.482 e. The molecule has 0 N–H and O–H groups in total. The van der Waals surface area contributed by atoms with Crippen LogP contribution in [0.25, 0.3) is 0 Å². The summed E-state index contributed by atoms with van der Waals surface area (Å²) in [5.41, 5.74) is 0.417. The lowest BCUT2D eigenvalue weighted by Gasteiger charge is -2.20. The van der Waals surface area contributed by atoms with Gasteiger partial charge in [-0.1, -0.05) is 18.2 Å². The molecule has 9 heteroatoms. The number of rotatable bonds is 5. The molecule has 0 bridgehead atoms. The first-order chi connectivity index (χ1) is 12.3. The molecule has 1 amide bonds. The standard InChI is InChI=1S/C17H18ClN3O4S/c1-2-26(23,24)21-9-13-7-20(8-14(13)10-21)17(22)11-25-16-4-3-12(6-19)5-15(16)18/h2-5,13-14H,1,7-11H2. The summed E-state index contributed by atoms with van der Waals surface area (Å²) in [7, 11) is -3.40. The Bertz CT molecular complexity index is 866. The summed E-state index contributed by atoms with van der Waals surface area (Å²) in [5, 5.41) is 10.1. The summed E-state index contributed by atoms with van der Waals surface area (Å²) in [4.78, 5) is 14.1. The van der Waals surface area contributed by atoms with Crippen molar-refractivity contribution in [2.24, 2.45) is 11.8 Å². The van der Waals surface area contributed by atoms with Crippen LogP contribution in [0.2, 0.25) is 5.02 Å². The average Bonchev–Trinajstić information content (AvgIpc) is 3.19. The molecule has 138 valence electrons. The van der Waals surface area contributed by atoms with E-state index in [1.165, 1.54) is 10.4 Å². The third-order valence-electron chi connectivity index (χ3n) is 4.79. The Morgan fingerprint density at radius 2 is 2.00 bits per heavy atom. The zero-order chi connectivity index (χ0) is 18.9. The van der Waals surface area contributed by atoms with Gasteiger partial charge in [-0.05, 0) is 30.0 Å². The molecule has 2 atom stereocenters. The number of hydrogen-bond acceptors (Lipinski definition) is 5. The maximum Gasteiger partial charge on any atom is 0.260 e. The van der Waals surface area contributed by atoms with Crippen molar-refractivity contribution in [3.8, 4) is 11.8 Å². The van der Waals surface area contributed by atoms with E-state index in [0.717, 1.165) is 5.41 Å². The van der Waals surface area contributed by atoms with Crippen LogP contribution < -0.4 is 4.74 Å². The van der Waals surface area contributed by atoms with Crippen molar-refractivity contribution in [3.05, 3.63) is 40.8 Å². The lowest BCUT2D eigenvalue weighted by molar-refractivity contribution is -0.132. The van der Waals surface area contributed by atoms with Gasteiger partial charge in [0.15, 0.2) is 6.61 Å². The highest BCUT2D eigenvalue weighted by atomic mass is 35.5. The molecule has 26 heavy (non-hydrogen) atoms. The first-order valence-electron chi connectivity index (χ1n) is 8.07. The van der Waals surface area contributed by atoms with Crippen molar-refractivity contribution < 1.29 is 17.9 Å². The van der Waals surface area contributed by atoms with E-state index in [1.807, 2.05) is 6.07 Å². The minimum atomic E-state index is -3.40. The van der Waals surface area contributed by atoms with E-state index >= 15 is 0 Å². The van der Waals surface area contributed by atoms with Gasteiger partial charge in [-0.3, -0.25) is 4.79 Å². The highest BCUT2D eigenvalue weighted by Gasteiger charge is 2.44. The molecule has 1 aromatic carbocycles. The zero-order valence-corrected chi connectivity index (χ0v) is 15.5. The van der Waals surface area contributed by atoms with E-state index in [0.29, 0.717) is 37.5 Å². The van der Waals surface area contributed by atoms with Crippen LogP contribution in [0.5, 0.6) is 5.75 Å². The number of halogens is 1. The predicted octanol–water partition coefficient (Wildman–Crippen LogP) is 1.45. The van der Waals surface area contributed by atoms with Gasteiger partial charge in [-0.15, -0.1) is 0 Å². The highest BCUT2D eigenvalue weighted by Crippen LogP contribution is 2.33. The first kappa shape index (κ1) is 18.7. The molecule has 0 spiro atoms. The molecule has 3 rings (SSSR count). The van der Waals surface area contributed by atoms with Gasteiger partial charge in [0.05, 0.1) is 16.7 Å². The van der Waals surface area contributed by atoms with Gasteiger partial charge in [0.1, 0.15) is 5.75 Å². The molecule has 0 aliphatic carbocycles. The van der Waals surface area contributed by atoms with Crippen LogP contribution in [-0.4, -0.2) is 56.3 Å². The van der Waals surface area contributed by atoms with Crippen molar-refractivity contribution in [3.63, 3.8) is 0 Å². The number of benzene rings is 1. The van der Waals surface area contributed by atoms with Crippen molar-refractivity contribution in [2.45, 2.75) is 0 Å². The minimum absolute atomic E-state index is 0.132. The van der Waals surface area contributed by atoms with E-state index in [-0.39, 0.29) is 29.4 Å². The Labute approximate surface area is 157 Å². The Kier molecular flexibility index (Phi) is 5.23. The number of amides is 1. The largest absolute Gasteiger partial charge is 0.482 e. The quantitative estimate of drug-likeness (QED) is 0.752. The highest BCUT2D eigenvalue weighted by molar-refractivity contribution is 7.92. The van der Waals surface area contributed by atoms with Crippen molar-refractivity contribution in [1.29, 1.82) is 5.26 Å². The molecule has 0 radical (unpaired) electrons. The average molecular weight is 396 g/mol. The summed E-state index contributed by atoms with van der Waals surface area (Å²) in [6.07, 6.45) is 0. The SMILES string of the molecule is C=CS(=O)(=O)N1CC2CN(C(=O)COc3ccc(C#N)cc3Cl)CC2C1. The summed E-state index contributed by atoms with van der Waals surface area (Å²) in [5.74, 6) is 0.443. The van der Waals surface area contributed by atoms with Gasteiger partial charge < -0.3 is 9.64 Å². The molecule has 2 aliphatic heterocycles. The molecule has 2 unspecified atom stereocenters. The van der Waals surface area contributed by atoms with Crippen molar-refractivity contribution in [2.75, 3.05) is 32.8 Å². The molecule has 2 saturated heterocycles. The van der Waals surface area contributed by atoms with E-state index in [2.05, 4.69) is 6.58 Å². The van der Waals surface area contributed by atoms with Crippen LogP contribution in [0.15, 0.2) is 30.2 Å². The van der Waals surface area contributed by atoms with E-state index in [4.69, 9.17) is 21.6 Å². The third-order valence-corrected chi connectivity index (χ3v) is 6.52. The lowest BCUT2D eigenvalue weighted by Crippen LogP contribution is -2.37. The van der Waals surface area contributed by atoms with Gasteiger partial charge in [0.2, 0.25) is 10.0 Å². The van der Waals surface area contributed by atoms with Gasteiger partial charge in [0, 0.05) is 31.6 Å². The maximum absolute atomic E-state index is 12.4. The summed E-state index contributed by atoms with van der Waals surface area (Å²) < 4.78 is 30.6. The van der Waals surface area contributed by atoms with Gasteiger partial charge in [0.25, 0.3) is 5.91 Å². The monoisotopic (exact) mass is 395 g/mol. The first-order valence-corrected chi connectivity index (χ1v) is 9.95. The van der Waals surface area contributed by atoms with E-state index < -0.39 is 10.0 Å². The number of fused-ring (bicyclic) bond motifs is 1.